The molecule has 9 heteroatoms. The van der Waals surface area contributed by atoms with Crippen molar-refractivity contribution < 1.29 is 4.52 Å². The van der Waals surface area contributed by atoms with E-state index >= 15 is 0 Å². The van der Waals surface area contributed by atoms with E-state index in [4.69, 9.17) is 4.52 Å². The van der Waals surface area contributed by atoms with E-state index < -0.39 is 0 Å². The standard InChI is InChI=1S/C18H18N6OS2/c1-12-11-13(2)24(22-12)15-7-8-17(21-20-15)27-10-4-6-16-19-18(23-25-16)14-5-3-9-26-14/h3,5,7-9,11H,4,6,10H2,1-2H3. The molecule has 0 aliphatic heterocycles. The van der Waals surface area contributed by atoms with Gasteiger partial charge in [0.25, 0.3) is 0 Å². The molecule has 0 aliphatic carbocycles. The summed E-state index contributed by atoms with van der Waals surface area (Å²) >= 11 is 3.27. The number of aromatic nitrogens is 6. The van der Waals surface area contributed by atoms with Crippen LogP contribution in [0.4, 0.5) is 0 Å². The van der Waals surface area contributed by atoms with Crippen molar-refractivity contribution >= 4 is 23.1 Å². The molecule has 4 aromatic heterocycles. The normalized spacial score (nSPS) is 11.2. The molecule has 0 unspecified atom stereocenters. The van der Waals surface area contributed by atoms with Crippen LogP contribution in [0.25, 0.3) is 16.5 Å². The molecule has 0 fully saturated rings. The molecule has 4 aromatic rings. The number of thiophene rings is 1. The summed E-state index contributed by atoms with van der Waals surface area (Å²) in [5.41, 5.74) is 2.01. The molecule has 0 saturated carbocycles. The zero-order chi connectivity index (χ0) is 18.6. The average Bonchev–Trinajstić information content (AvgIpc) is 3.40. The number of rotatable bonds is 7. The van der Waals surface area contributed by atoms with Crippen molar-refractivity contribution in [3.63, 3.8) is 0 Å². The Labute approximate surface area is 164 Å². The van der Waals surface area contributed by atoms with Crippen LogP contribution in [0.2, 0.25) is 0 Å². The highest BCUT2D eigenvalue weighted by molar-refractivity contribution is 7.99. The smallest absolute Gasteiger partial charge is 0.227 e. The summed E-state index contributed by atoms with van der Waals surface area (Å²) in [6.45, 7) is 3.97. The molecule has 27 heavy (non-hydrogen) atoms. The number of nitrogens with zero attached hydrogens (tertiary/aromatic N) is 6. The second-order valence-electron chi connectivity index (χ2n) is 6.01. The monoisotopic (exact) mass is 398 g/mol. The van der Waals surface area contributed by atoms with Crippen LogP contribution >= 0.6 is 23.1 Å². The van der Waals surface area contributed by atoms with E-state index in [2.05, 4.69) is 25.4 Å². The van der Waals surface area contributed by atoms with Crippen LogP contribution in [0.1, 0.15) is 23.7 Å². The fourth-order valence-corrected chi connectivity index (χ4v) is 4.04. The van der Waals surface area contributed by atoms with Crippen LogP contribution in [0.3, 0.4) is 0 Å². The lowest BCUT2D eigenvalue weighted by Gasteiger charge is -2.03. The SMILES string of the molecule is Cc1cc(C)n(-c2ccc(SCCCc3nc(-c4cccs4)no3)nn2)n1. The third kappa shape index (κ3) is 4.25. The maximum atomic E-state index is 5.32. The largest absolute Gasteiger partial charge is 0.339 e. The maximum absolute atomic E-state index is 5.32. The minimum atomic E-state index is 0.665. The van der Waals surface area contributed by atoms with Crippen LogP contribution < -0.4 is 0 Å². The molecular formula is C18H18N6OS2. The molecule has 0 radical (unpaired) electrons. The number of hydrogen-bond acceptors (Lipinski definition) is 8. The van der Waals surface area contributed by atoms with Gasteiger partial charge in [-0.3, -0.25) is 0 Å². The number of thioether (sulfide) groups is 1. The highest BCUT2D eigenvalue weighted by atomic mass is 32.2. The summed E-state index contributed by atoms with van der Waals surface area (Å²) in [5.74, 6) is 2.98. The van der Waals surface area contributed by atoms with Crippen molar-refractivity contribution in [2.75, 3.05) is 5.75 Å². The Kier molecular flexibility index (Phi) is 5.30. The second-order valence-corrected chi connectivity index (χ2v) is 8.07. The highest BCUT2D eigenvalue weighted by Gasteiger charge is 2.10. The van der Waals surface area contributed by atoms with Crippen LogP contribution in [0.15, 0.2) is 45.3 Å². The van der Waals surface area contributed by atoms with Gasteiger partial charge in [0.2, 0.25) is 11.7 Å². The second kappa shape index (κ2) is 8.01. The average molecular weight is 399 g/mol. The predicted molar refractivity (Wildman–Crippen MR) is 105 cm³/mol. The maximum Gasteiger partial charge on any atom is 0.227 e. The number of hydrogen-bond donors (Lipinski definition) is 0. The van der Waals surface area contributed by atoms with Gasteiger partial charge in [0, 0.05) is 17.9 Å². The van der Waals surface area contributed by atoms with Gasteiger partial charge in [-0.25, -0.2) is 4.68 Å². The molecule has 4 heterocycles. The fraction of sp³-hybridized carbons (Fsp3) is 0.278. The zero-order valence-electron chi connectivity index (χ0n) is 15.0. The zero-order valence-corrected chi connectivity index (χ0v) is 16.6. The molecule has 7 nitrogen and oxygen atoms in total. The Hall–Kier alpha value is -2.52. The van der Waals surface area contributed by atoms with Gasteiger partial charge in [-0.05, 0) is 49.9 Å². The Morgan fingerprint density at radius 1 is 1.19 bits per heavy atom. The van der Waals surface area contributed by atoms with E-state index in [9.17, 15) is 0 Å². The van der Waals surface area contributed by atoms with E-state index in [1.165, 1.54) is 0 Å². The third-order valence-electron chi connectivity index (χ3n) is 3.85. The van der Waals surface area contributed by atoms with Crippen LogP contribution in [0.5, 0.6) is 0 Å². The van der Waals surface area contributed by atoms with Crippen molar-refractivity contribution in [3.05, 3.63) is 53.0 Å². The Morgan fingerprint density at radius 3 is 2.81 bits per heavy atom. The van der Waals surface area contributed by atoms with E-state index in [0.717, 1.165) is 45.7 Å². The first kappa shape index (κ1) is 17.9. The first-order valence-corrected chi connectivity index (χ1v) is 10.4. The van der Waals surface area contributed by atoms with E-state index in [-0.39, 0.29) is 0 Å². The van der Waals surface area contributed by atoms with Gasteiger partial charge >= 0.3 is 0 Å². The third-order valence-corrected chi connectivity index (χ3v) is 5.72. The minimum Gasteiger partial charge on any atom is -0.339 e. The Morgan fingerprint density at radius 2 is 2.11 bits per heavy atom. The Balaban J connectivity index is 1.28. The van der Waals surface area contributed by atoms with Gasteiger partial charge in [-0.2, -0.15) is 10.1 Å². The summed E-state index contributed by atoms with van der Waals surface area (Å²) in [6, 6.07) is 9.91. The molecule has 0 N–H and O–H groups in total. The summed E-state index contributed by atoms with van der Waals surface area (Å²) < 4.78 is 7.12. The molecule has 138 valence electrons. The van der Waals surface area contributed by atoms with Gasteiger partial charge in [0.15, 0.2) is 5.82 Å². The first-order valence-electron chi connectivity index (χ1n) is 8.56. The summed E-state index contributed by atoms with van der Waals surface area (Å²) in [4.78, 5) is 5.46. The summed E-state index contributed by atoms with van der Waals surface area (Å²) in [6.07, 6.45) is 1.68. The van der Waals surface area contributed by atoms with E-state index in [1.54, 1.807) is 27.8 Å². The van der Waals surface area contributed by atoms with Gasteiger partial charge < -0.3 is 4.52 Å². The molecule has 0 saturated heterocycles. The van der Waals surface area contributed by atoms with Crippen molar-refractivity contribution in [3.8, 4) is 16.5 Å². The summed E-state index contributed by atoms with van der Waals surface area (Å²) in [5, 5.41) is 19.9. The lowest BCUT2D eigenvalue weighted by molar-refractivity contribution is 0.378. The van der Waals surface area contributed by atoms with Gasteiger partial charge in [-0.15, -0.1) is 33.3 Å². The van der Waals surface area contributed by atoms with E-state index in [1.807, 2.05) is 49.6 Å². The molecule has 0 amide bonds. The van der Waals surface area contributed by atoms with Gasteiger partial charge in [-0.1, -0.05) is 11.2 Å². The Bertz CT molecular complexity index is 1010. The molecule has 0 bridgehead atoms. The molecule has 0 aromatic carbocycles. The van der Waals surface area contributed by atoms with E-state index in [0.29, 0.717) is 11.7 Å². The lowest BCUT2D eigenvalue weighted by atomic mass is 10.3. The van der Waals surface area contributed by atoms with Crippen molar-refractivity contribution in [2.45, 2.75) is 31.7 Å². The highest BCUT2D eigenvalue weighted by Crippen LogP contribution is 2.22. The fourth-order valence-electron chi connectivity index (χ4n) is 2.63. The van der Waals surface area contributed by atoms with Gasteiger partial charge in [0.05, 0.1) is 10.6 Å². The predicted octanol–water partition coefficient (Wildman–Crippen LogP) is 4.12. The van der Waals surface area contributed by atoms with Gasteiger partial charge in [0.1, 0.15) is 5.03 Å². The van der Waals surface area contributed by atoms with Crippen molar-refractivity contribution in [1.82, 2.24) is 30.1 Å². The molecule has 4 rings (SSSR count). The van der Waals surface area contributed by atoms with Crippen LogP contribution in [-0.2, 0) is 6.42 Å². The lowest BCUT2D eigenvalue weighted by Crippen LogP contribution is -2.03. The van der Waals surface area contributed by atoms with Crippen LogP contribution in [-0.4, -0.2) is 35.9 Å². The summed E-state index contributed by atoms with van der Waals surface area (Å²) in [7, 11) is 0. The molecule has 0 atom stereocenters. The van der Waals surface area contributed by atoms with Crippen LogP contribution in [0, 0.1) is 13.8 Å². The first-order chi connectivity index (χ1) is 13.2. The minimum absolute atomic E-state index is 0.665. The topological polar surface area (TPSA) is 82.5 Å². The number of aryl methyl sites for hydroxylation is 3. The molecule has 0 spiro atoms. The molecular weight excluding hydrogens is 380 g/mol. The van der Waals surface area contributed by atoms with Crippen molar-refractivity contribution in [2.24, 2.45) is 0 Å². The van der Waals surface area contributed by atoms with Crippen molar-refractivity contribution in [1.29, 1.82) is 0 Å². The quantitative estimate of drug-likeness (QED) is 0.342. The molecule has 0 aliphatic rings.